The standard InChI is InChI=1S/C20H27N3O3S/c1-14-7-2-4-9-16(14)21-18(25)13-27-20-22-17-10-5-3-8-15(17)19(26)23(20)11-6-12-24/h3,5,8,10,14,16,24H,2,4,6-7,9,11-13H2,1H3,(H,21,25)/t14-,16-/m0/s1. The fraction of sp³-hybridized carbons (Fsp3) is 0.550. The molecule has 0 saturated heterocycles. The molecule has 0 radical (unpaired) electrons. The van der Waals surface area contributed by atoms with E-state index in [1.165, 1.54) is 18.2 Å². The van der Waals surface area contributed by atoms with Gasteiger partial charge in [-0.1, -0.05) is 43.7 Å². The van der Waals surface area contributed by atoms with Crippen LogP contribution in [-0.4, -0.2) is 39.0 Å². The van der Waals surface area contributed by atoms with E-state index in [2.05, 4.69) is 17.2 Å². The SMILES string of the molecule is C[C@H]1CCCC[C@@H]1NC(=O)CSc1nc2ccccc2c(=O)n1CCCO. The van der Waals surface area contributed by atoms with Crippen LogP contribution in [0.25, 0.3) is 10.9 Å². The number of benzene rings is 1. The van der Waals surface area contributed by atoms with Crippen LogP contribution >= 0.6 is 11.8 Å². The van der Waals surface area contributed by atoms with Crippen molar-refractivity contribution in [3.8, 4) is 0 Å². The number of carbonyl (C=O) groups excluding carboxylic acids is 1. The molecule has 6 nitrogen and oxygen atoms in total. The van der Waals surface area contributed by atoms with Crippen molar-refractivity contribution in [1.82, 2.24) is 14.9 Å². The summed E-state index contributed by atoms with van der Waals surface area (Å²) >= 11 is 1.28. The molecule has 1 saturated carbocycles. The molecule has 3 rings (SSSR count). The van der Waals surface area contributed by atoms with Gasteiger partial charge in [0.05, 0.1) is 16.7 Å². The Hall–Kier alpha value is -1.86. The topological polar surface area (TPSA) is 84.2 Å². The summed E-state index contributed by atoms with van der Waals surface area (Å²) in [5.74, 6) is 0.719. The third kappa shape index (κ3) is 4.90. The van der Waals surface area contributed by atoms with E-state index in [4.69, 9.17) is 5.11 Å². The second-order valence-electron chi connectivity index (χ2n) is 7.17. The second kappa shape index (κ2) is 9.37. The van der Waals surface area contributed by atoms with Crippen molar-refractivity contribution >= 4 is 28.6 Å². The summed E-state index contributed by atoms with van der Waals surface area (Å²) in [7, 11) is 0. The summed E-state index contributed by atoms with van der Waals surface area (Å²) < 4.78 is 1.57. The second-order valence-corrected chi connectivity index (χ2v) is 8.11. The number of thioether (sulfide) groups is 1. The van der Waals surface area contributed by atoms with Crippen LogP contribution < -0.4 is 10.9 Å². The van der Waals surface area contributed by atoms with E-state index in [0.29, 0.717) is 34.9 Å². The zero-order valence-electron chi connectivity index (χ0n) is 15.7. The van der Waals surface area contributed by atoms with E-state index in [1.807, 2.05) is 12.1 Å². The minimum absolute atomic E-state index is 0.00340. The highest BCUT2D eigenvalue weighted by Gasteiger charge is 2.23. The number of hydrogen-bond acceptors (Lipinski definition) is 5. The van der Waals surface area contributed by atoms with Crippen LogP contribution in [-0.2, 0) is 11.3 Å². The molecule has 1 aliphatic carbocycles. The molecule has 7 heteroatoms. The Morgan fingerprint density at radius 3 is 2.89 bits per heavy atom. The van der Waals surface area contributed by atoms with Crippen molar-refractivity contribution in [2.45, 2.75) is 56.8 Å². The molecule has 1 heterocycles. The number of aliphatic hydroxyl groups is 1. The Bertz CT molecular complexity index is 852. The predicted molar refractivity (Wildman–Crippen MR) is 108 cm³/mol. The fourth-order valence-corrected chi connectivity index (χ4v) is 4.43. The van der Waals surface area contributed by atoms with Gasteiger partial charge in [0.15, 0.2) is 5.16 Å². The van der Waals surface area contributed by atoms with Crippen LogP contribution in [0.2, 0.25) is 0 Å². The maximum Gasteiger partial charge on any atom is 0.262 e. The van der Waals surface area contributed by atoms with Gasteiger partial charge in [-0.15, -0.1) is 0 Å². The molecular formula is C20H27N3O3S. The van der Waals surface area contributed by atoms with E-state index in [1.54, 1.807) is 16.7 Å². The van der Waals surface area contributed by atoms with Crippen LogP contribution in [0.1, 0.15) is 39.0 Å². The summed E-state index contributed by atoms with van der Waals surface area (Å²) in [6.45, 7) is 2.58. The molecular weight excluding hydrogens is 362 g/mol. The van der Waals surface area contributed by atoms with E-state index in [0.717, 1.165) is 19.3 Å². The molecule has 0 bridgehead atoms. The average Bonchev–Trinajstić information content (AvgIpc) is 2.68. The van der Waals surface area contributed by atoms with Crippen LogP contribution in [0.15, 0.2) is 34.2 Å². The van der Waals surface area contributed by atoms with E-state index >= 15 is 0 Å². The lowest BCUT2D eigenvalue weighted by molar-refractivity contribution is -0.119. The van der Waals surface area contributed by atoms with Gasteiger partial charge in [0.25, 0.3) is 5.56 Å². The number of aliphatic hydroxyl groups excluding tert-OH is 1. The zero-order chi connectivity index (χ0) is 19.2. The lowest BCUT2D eigenvalue weighted by Crippen LogP contribution is -2.42. The minimum Gasteiger partial charge on any atom is -0.396 e. The molecule has 1 aromatic carbocycles. The average molecular weight is 390 g/mol. The number of para-hydroxylation sites is 1. The van der Waals surface area contributed by atoms with Gasteiger partial charge in [0.1, 0.15) is 0 Å². The third-order valence-corrected chi connectivity index (χ3v) is 6.13. The lowest BCUT2D eigenvalue weighted by Gasteiger charge is -2.29. The highest BCUT2D eigenvalue weighted by Crippen LogP contribution is 2.24. The van der Waals surface area contributed by atoms with Crippen molar-refractivity contribution in [2.24, 2.45) is 5.92 Å². The van der Waals surface area contributed by atoms with Crippen molar-refractivity contribution in [3.05, 3.63) is 34.6 Å². The van der Waals surface area contributed by atoms with Crippen LogP contribution in [0.3, 0.4) is 0 Å². The van der Waals surface area contributed by atoms with Crippen LogP contribution in [0.4, 0.5) is 0 Å². The fourth-order valence-electron chi connectivity index (χ4n) is 3.59. The molecule has 146 valence electrons. The first-order chi connectivity index (χ1) is 13.1. The van der Waals surface area contributed by atoms with Crippen molar-refractivity contribution in [2.75, 3.05) is 12.4 Å². The highest BCUT2D eigenvalue weighted by molar-refractivity contribution is 7.99. The monoisotopic (exact) mass is 389 g/mol. The van der Waals surface area contributed by atoms with Gasteiger partial charge < -0.3 is 10.4 Å². The van der Waals surface area contributed by atoms with Crippen molar-refractivity contribution in [3.63, 3.8) is 0 Å². The Morgan fingerprint density at radius 1 is 1.33 bits per heavy atom. The van der Waals surface area contributed by atoms with Crippen molar-refractivity contribution < 1.29 is 9.90 Å². The Morgan fingerprint density at radius 2 is 2.11 bits per heavy atom. The first-order valence-corrected chi connectivity index (χ1v) is 10.6. The number of nitrogens with one attached hydrogen (secondary N) is 1. The first kappa shape index (κ1) is 19.9. The van der Waals surface area contributed by atoms with Crippen LogP contribution in [0.5, 0.6) is 0 Å². The van der Waals surface area contributed by atoms with Gasteiger partial charge in [0, 0.05) is 19.2 Å². The Kier molecular flexibility index (Phi) is 6.90. The highest BCUT2D eigenvalue weighted by atomic mass is 32.2. The molecule has 1 fully saturated rings. The Labute approximate surface area is 163 Å². The number of aromatic nitrogens is 2. The van der Waals surface area contributed by atoms with Crippen molar-refractivity contribution in [1.29, 1.82) is 0 Å². The molecule has 2 aromatic rings. The number of rotatable bonds is 7. The molecule has 27 heavy (non-hydrogen) atoms. The number of fused-ring (bicyclic) bond motifs is 1. The lowest BCUT2D eigenvalue weighted by atomic mass is 9.86. The number of hydrogen-bond donors (Lipinski definition) is 2. The smallest absolute Gasteiger partial charge is 0.262 e. The third-order valence-electron chi connectivity index (χ3n) is 5.16. The van der Waals surface area contributed by atoms with Gasteiger partial charge in [-0.2, -0.15) is 0 Å². The van der Waals surface area contributed by atoms with Gasteiger partial charge in [0.2, 0.25) is 5.91 Å². The molecule has 2 N–H and O–H groups in total. The van der Waals surface area contributed by atoms with E-state index in [9.17, 15) is 9.59 Å². The normalized spacial score (nSPS) is 19.9. The molecule has 1 amide bonds. The summed E-state index contributed by atoms with van der Waals surface area (Å²) in [5.41, 5.74) is 0.504. The van der Waals surface area contributed by atoms with Gasteiger partial charge >= 0.3 is 0 Å². The van der Waals surface area contributed by atoms with Crippen LogP contribution in [0, 0.1) is 5.92 Å². The summed E-state index contributed by atoms with van der Waals surface area (Å²) in [5, 5.41) is 13.4. The maximum absolute atomic E-state index is 12.8. The first-order valence-electron chi connectivity index (χ1n) is 9.62. The molecule has 2 atom stereocenters. The molecule has 1 aromatic heterocycles. The molecule has 0 spiro atoms. The maximum atomic E-state index is 12.8. The summed E-state index contributed by atoms with van der Waals surface area (Å²) in [4.78, 5) is 29.8. The predicted octanol–water partition coefficient (Wildman–Crippen LogP) is 2.57. The number of amides is 1. The number of carbonyl (C=O) groups is 1. The molecule has 1 aliphatic rings. The van der Waals surface area contributed by atoms with Gasteiger partial charge in [-0.3, -0.25) is 14.2 Å². The van der Waals surface area contributed by atoms with E-state index < -0.39 is 0 Å². The van der Waals surface area contributed by atoms with Gasteiger partial charge in [-0.25, -0.2) is 4.98 Å². The molecule has 0 unspecified atom stereocenters. The zero-order valence-corrected chi connectivity index (χ0v) is 16.5. The summed E-state index contributed by atoms with van der Waals surface area (Å²) in [6, 6.07) is 7.46. The number of nitrogens with zero attached hydrogens (tertiary/aromatic N) is 2. The molecule has 0 aliphatic heterocycles. The van der Waals surface area contributed by atoms with E-state index in [-0.39, 0.29) is 29.9 Å². The summed E-state index contributed by atoms with van der Waals surface area (Å²) in [6.07, 6.45) is 5.06. The Balaban J connectivity index is 1.74. The quantitative estimate of drug-likeness (QED) is 0.562. The van der Waals surface area contributed by atoms with Gasteiger partial charge in [-0.05, 0) is 37.3 Å². The largest absolute Gasteiger partial charge is 0.396 e. The minimum atomic E-state index is -0.127.